The molecule has 9 heteroatoms. The number of benzene rings is 2. The number of hydrogen-bond acceptors (Lipinski definition) is 4. The summed E-state index contributed by atoms with van der Waals surface area (Å²) < 4.78 is 0. The number of para-hydroxylation sites is 1. The fourth-order valence-corrected chi connectivity index (χ4v) is 4.38. The van der Waals surface area contributed by atoms with E-state index < -0.39 is 5.97 Å². The van der Waals surface area contributed by atoms with Crippen LogP contribution in [-0.4, -0.2) is 61.5 Å². The lowest BCUT2D eigenvalue weighted by Gasteiger charge is -2.27. The predicted molar refractivity (Wildman–Crippen MR) is 125 cm³/mol. The zero-order valence-corrected chi connectivity index (χ0v) is 18.5. The number of aromatic carboxylic acids is 1. The van der Waals surface area contributed by atoms with Crippen molar-refractivity contribution in [2.75, 3.05) is 13.6 Å². The normalized spacial score (nSPS) is 13.0. The fourth-order valence-electron chi connectivity index (χ4n) is 4.38. The SMILES string of the molecule is CN(Cc1ccccc1C(=O)O)C(=O)c1[nH]nc2c1CN(C(=O)c1cc3ccccc3[nH]1)CC2. The zero-order valence-electron chi connectivity index (χ0n) is 18.5. The van der Waals surface area contributed by atoms with Gasteiger partial charge in [-0.25, -0.2) is 4.79 Å². The second-order valence-electron chi connectivity index (χ2n) is 8.39. The third-order valence-electron chi connectivity index (χ3n) is 6.18. The van der Waals surface area contributed by atoms with Gasteiger partial charge in [-0.15, -0.1) is 0 Å². The minimum atomic E-state index is -1.04. The third-order valence-corrected chi connectivity index (χ3v) is 6.18. The molecule has 1 aliphatic heterocycles. The molecule has 3 N–H and O–H groups in total. The standard InChI is InChI=1S/C25H23N5O4/c1-29(13-16-7-2-4-8-17(16)25(33)34)24(32)22-18-14-30(11-10-20(18)27-28-22)23(31)21-12-15-6-3-5-9-19(15)26-21/h2-9,12,26H,10-11,13-14H2,1H3,(H,27,28)(H,33,34). The number of carboxylic acid groups (broad SMARTS) is 1. The van der Waals surface area contributed by atoms with Gasteiger partial charge in [0.1, 0.15) is 11.4 Å². The number of nitrogens with zero attached hydrogens (tertiary/aromatic N) is 3. The lowest BCUT2D eigenvalue weighted by atomic mass is 10.0. The molecule has 0 unspecified atom stereocenters. The Morgan fingerprint density at radius 1 is 1.12 bits per heavy atom. The minimum Gasteiger partial charge on any atom is -0.478 e. The molecule has 172 valence electrons. The maximum Gasteiger partial charge on any atom is 0.336 e. The predicted octanol–water partition coefficient (Wildman–Crippen LogP) is 3.06. The van der Waals surface area contributed by atoms with Crippen LogP contribution in [0.2, 0.25) is 0 Å². The first-order chi connectivity index (χ1) is 16.4. The van der Waals surface area contributed by atoms with Gasteiger partial charge in [0.05, 0.1) is 17.8 Å². The van der Waals surface area contributed by atoms with Gasteiger partial charge in [0.15, 0.2) is 0 Å². The average Bonchev–Trinajstić information content (AvgIpc) is 3.47. The number of carbonyl (C=O) groups is 3. The monoisotopic (exact) mass is 457 g/mol. The van der Waals surface area contributed by atoms with E-state index in [0.29, 0.717) is 35.5 Å². The van der Waals surface area contributed by atoms with Crippen molar-refractivity contribution in [3.63, 3.8) is 0 Å². The topological polar surface area (TPSA) is 122 Å². The smallest absolute Gasteiger partial charge is 0.336 e. The van der Waals surface area contributed by atoms with E-state index in [-0.39, 0.29) is 30.5 Å². The molecule has 1 aliphatic rings. The summed E-state index contributed by atoms with van der Waals surface area (Å²) in [5.74, 6) is -1.49. The van der Waals surface area contributed by atoms with Crippen molar-refractivity contribution < 1.29 is 19.5 Å². The first-order valence-corrected chi connectivity index (χ1v) is 10.9. The summed E-state index contributed by atoms with van der Waals surface area (Å²) in [4.78, 5) is 44.2. The molecule has 0 aliphatic carbocycles. The molecule has 2 amide bonds. The molecule has 9 nitrogen and oxygen atoms in total. The van der Waals surface area contributed by atoms with Crippen molar-refractivity contribution in [2.45, 2.75) is 19.5 Å². The van der Waals surface area contributed by atoms with Crippen molar-refractivity contribution in [1.29, 1.82) is 0 Å². The van der Waals surface area contributed by atoms with Crippen LogP contribution < -0.4 is 0 Å². The summed E-state index contributed by atoms with van der Waals surface area (Å²) in [7, 11) is 1.62. The van der Waals surface area contributed by atoms with Crippen molar-refractivity contribution >= 4 is 28.7 Å². The number of rotatable bonds is 5. The summed E-state index contributed by atoms with van der Waals surface area (Å²) >= 11 is 0. The first kappa shape index (κ1) is 21.4. The van der Waals surface area contributed by atoms with Gasteiger partial charge in [0, 0.05) is 43.0 Å². The Labute approximate surface area is 195 Å². The van der Waals surface area contributed by atoms with Gasteiger partial charge >= 0.3 is 5.97 Å². The molecule has 2 aromatic carbocycles. The van der Waals surface area contributed by atoms with Gasteiger partial charge in [-0.2, -0.15) is 5.10 Å². The van der Waals surface area contributed by atoms with Crippen LogP contribution in [0.3, 0.4) is 0 Å². The second kappa shape index (κ2) is 8.51. The highest BCUT2D eigenvalue weighted by Crippen LogP contribution is 2.24. The number of amides is 2. The Morgan fingerprint density at radius 2 is 1.88 bits per heavy atom. The van der Waals surface area contributed by atoms with E-state index in [0.717, 1.165) is 16.6 Å². The highest BCUT2D eigenvalue weighted by Gasteiger charge is 2.30. The molecular weight excluding hydrogens is 434 g/mol. The number of carbonyl (C=O) groups excluding carboxylic acids is 2. The number of H-pyrrole nitrogens is 2. The van der Waals surface area contributed by atoms with Crippen molar-refractivity contribution in [3.05, 3.63) is 88.4 Å². The van der Waals surface area contributed by atoms with Crippen LogP contribution in [0.15, 0.2) is 54.6 Å². The molecule has 4 aromatic rings. The molecule has 3 heterocycles. The quantitative estimate of drug-likeness (QED) is 0.425. The molecule has 0 radical (unpaired) electrons. The van der Waals surface area contributed by atoms with E-state index in [1.54, 1.807) is 30.1 Å². The van der Waals surface area contributed by atoms with Crippen LogP contribution >= 0.6 is 0 Å². The number of aromatic amines is 2. The number of fused-ring (bicyclic) bond motifs is 2. The maximum absolute atomic E-state index is 13.2. The van der Waals surface area contributed by atoms with Gasteiger partial charge in [-0.05, 0) is 23.8 Å². The summed E-state index contributed by atoms with van der Waals surface area (Å²) in [5.41, 5.74) is 3.87. The molecule has 0 atom stereocenters. The molecular formula is C25H23N5O4. The Morgan fingerprint density at radius 3 is 2.68 bits per heavy atom. The van der Waals surface area contributed by atoms with E-state index in [2.05, 4.69) is 15.2 Å². The summed E-state index contributed by atoms with van der Waals surface area (Å²) in [6.07, 6.45) is 0.538. The van der Waals surface area contributed by atoms with Crippen LogP contribution in [0, 0.1) is 0 Å². The average molecular weight is 457 g/mol. The Balaban J connectivity index is 1.35. The number of carboxylic acids is 1. The van der Waals surface area contributed by atoms with Gasteiger partial charge in [-0.1, -0.05) is 36.4 Å². The first-order valence-electron chi connectivity index (χ1n) is 10.9. The third kappa shape index (κ3) is 3.81. The lowest BCUT2D eigenvalue weighted by Crippen LogP contribution is -2.37. The van der Waals surface area contributed by atoms with E-state index in [4.69, 9.17) is 0 Å². The molecule has 5 rings (SSSR count). The Bertz CT molecular complexity index is 1390. The van der Waals surface area contributed by atoms with Crippen LogP contribution in [0.1, 0.15) is 48.2 Å². The summed E-state index contributed by atoms with van der Waals surface area (Å²) in [6, 6.07) is 16.1. The van der Waals surface area contributed by atoms with E-state index in [1.165, 1.54) is 11.0 Å². The van der Waals surface area contributed by atoms with Crippen LogP contribution in [-0.2, 0) is 19.5 Å². The second-order valence-corrected chi connectivity index (χ2v) is 8.39. The van der Waals surface area contributed by atoms with Crippen LogP contribution in [0.25, 0.3) is 10.9 Å². The van der Waals surface area contributed by atoms with E-state index in [1.807, 2.05) is 30.3 Å². The Hall–Kier alpha value is -4.40. The Kier molecular flexibility index (Phi) is 5.37. The van der Waals surface area contributed by atoms with E-state index >= 15 is 0 Å². The lowest BCUT2D eigenvalue weighted by molar-refractivity contribution is 0.0687. The number of hydrogen-bond donors (Lipinski definition) is 3. The molecule has 2 aromatic heterocycles. The molecule has 0 spiro atoms. The van der Waals surface area contributed by atoms with E-state index in [9.17, 15) is 19.5 Å². The van der Waals surface area contributed by atoms with Crippen molar-refractivity contribution in [3.8, 4) is 0 Å². The number of nitrogens with one attached hydrogen (secondary N) is 2. The molecule has 34 heavy (non-hydrogen) atoms. The largest absolute Gasteiger partial charge is 0.478 e. The fraction of sp³-hybridized carbons (Fsp3) is 0.200. The molecule has 0 bridgehead atoms. The molecule has 0 saturated carbocycles. The van der Waals surface area contributed by atoms with Crippen LogP contribution in [0.5, 0.6) is 0 Å². The van der Waals surface area contributed by atoms with Crippen molar-refractivity contribution in [1.82, 2.24) is 25.0 Å². The highest BCUT2D eigenvalue weighted by atomic mass is 16.4. The van der Waals surface area contributed by atoms with Gasteiger partial charge < -0.3 is 19.9 Å². The summed E-state index contributed by atoms with van der Waals surface area (Å²) in [5, 5.41) is 17.5. The zero-order chi connectivity index (χ0) is 23.8. The molecule has 0 saturated heterocycles. The molecule has 0 fully saturated rings. The van der Waals surface area contributed by atoms with Gasteiger partial charge in [0.2, 0.25) is 0 Å². The van der Waals surface area contributed by atoms with Gasteiger partial charge in [0.25, 0.3) is 11.8 Å². The number of aromatic nitrogens is 3. The highest BCUT2D eigenvalue weighted by molar-refractivity contribution is 5.99. The maximum atomic E-state index is 13.2. The van der Waals surface area contributed by atoms with Gasteiger partial charge in [-0.3, -0.25) is 14.7 Å². The van der Waals surface area contributed by atoms with Crippen LogP contribution in [0.4, 0.5) is 0 Å². The summed E-state index contributed by atoms with van der Waals surface area (Å²) in [6.45, 7) is 0.898. The van der Waals surface area contributed by atoms with Crippen molar-refractivity contribution in [2.24, 2.45) is 0 Å². The minimum absolute atomic E-state index is 0.132.